The van der Waals surface area contributed by atoms with Crippen molar-refractivity contribution in [2.75, 3.05) is 0 Å². The van der Waals surface area contributed by atoms with Crippen LogP contribution in [0, 0.1) is 51.8 Å². The van der Waals surface area contributed by atoms with Crippen molar-refractivity contribution < 1.29 is 0 Å². The van der Waals surface area contributed by atoms with Gasteiger partial charge in [0.25, 0.3) is 0 Å². The molecule has 0 aromatic rings. The van der Waals surface area contributed by atoms with Crippen LogP contribution in [0.25, 0.3) is 0 Å². The Morgan fingerprint density at radius 3 is 2.36 bits per heavy atom. The van der Waals surface area contributed by atoms with Gasteiger partial charge in [0.15, 0.2) is 0 Å². The summed E-state index contributed by atoms with van der Waals surface area (Å²) in [7, 11) is 0. The molecule has 0 spiro atoms. The smallest absolute Gasteiger partial charge is 0.0238 e. The Hall–Kier alpha value is 0. The molecular formula is C28H52. The normalized spacial score (nSPS) is 41.4. The monoisotopic (exact) mass is 388 g/mol. The minimum atomic E-state index is 0.485. The average molecular weight is 389 g/mol. The fraction of sp³-hybridized carbons (Fsp3) is 1.00. The molecule has 0 radical (unpaired) electrons. The van der Waals surface area contributed by atoms with Crippen molar-refractivity contribution in [3.63, 3.8) is 0 Å². The molecule has 3 aliphatic rings. The Morgan fingerprint density at radius 1 is 1.04 bits per heavy atom. The molecule has 3 aliphatic carbocycles. The summed E-state index contributed by atoms with van der Waals surface area (Å²) in [6.07, 6.45) is 16.4. The standard InChI is InChI=1S/C28H52/c1-9-16-28(19-22(28)12-11-20(3)10-2)21-13-14-25-23(18-21)24(26(4,5)6)15-17-27(25,7)8/h20-25H,9-19H2,1-8H3/t20-,21?,22?,23?,24-,25?,28?/m1/s1. The highest BCUT2D eigenvalue weighted by Gasteiger charge is 2.60. The van der Waals surface area contributed by atoms with E-state index in [2.05, 4.69) is 55.4 Å². The van der Waals surface area contributed by atoms with E-state index in [0.29, 0.717) is 10.8 Å². The van der Waals surface area contributed by atoms with Crippen molar-refractivity contribution in [2.45, 2.75) is 126 Å². The largest absolute Gasteiger partial charge is 0.0654 e. The second-order valence-corrected chi connectivity index (χ2v) is 13.3. The van der Waals surface area contributed by atoms with E-state index in [9.17, 15) is 0 Å². The van der Waals surface area contributed by atoms with Crippen LogP contribution in [0.15, 0.2) is 0 Å². The van der Waals surface area contributed by atoms with Crippen LogP contribution in [0.1, 0.15) is 126 Å². The zero-order valence-electron chi connectivity index (χ0n) is 20.7. The Morgan fingerprint density at radius 2 is 1.75 bits per heavy atom. The molecule has 164 valence electrons. The topological polar surface area (TPSA) is 0 Å². The minimum absolute atomic E-state index is 0.485. The molecule has 0 amide bonds. The van der Waals surface area contributed by atoms with Crippen LogP contribution >= 0.6 is 0 Å². The zero-order valence-corrected chi connectivity index (χ0v) is 20.7. The lowest BCUT2D eigenvalue weighted by atomic mass is 9.49. The maximum absolute atomic E-state index is 2.59. The zero-order chi connectivity index (χ0) is 20.7. The molecule has 7 atom stereocenters. The highest BCUT2D eigenvalue weighted by Crippen LogP contribution is 2.69. The number of hydrogen-bond donors (Lipinski definition) is 0. The van der Waals surface area contributed by atoms with Crippen LogP contribution in [0.4, 0.5) is 0 Å². The van der Waals surface area contributed by atoms with Gasteiger partial charge in [-0.1, -0.05) is 74.7 Å². The Balaban J connectivity index is 1.74. The molecule has 0 heteroatoms. The molecule has 28 heavy (non-hydrogen) atoms. The summed E-state index contributed by atoms with van der Waals surface area (Å²) < 4.78 is 0. The van der Waals surface area contributed by atoms with Crippen LogP contribution in [0.2, 0.25) is 0 Å². The summed E-state index contributed by atoms with van der Waals surface area (Å²) in [5.74, 6) is 5.95. The lowest BCUT2D eigenvalue weighted by Gasteiger charge is -2.56. The minimum Gasteiger partial charge on any atom is -0.0654 e. The summed E-state index contributed by atoms with van der Waals surface area (Å²) in [6.45, 7) is 20.1. The third-order valence-electron chi connectivity index (χ3n) is 10.1. The molecule has 0 heterocycles. The van der Waals surface area contributed by atoms with Gasteiger partial charge in [-0.25, -0.2) is 0 Å². The molecule has 0 N–H and O–H groups in total. The Kier molecular flexibility index (Phi) is 6.69. The molecule has 3 fully saturated rings. The Labute approximate surface area is 178 Å². The van der Waals surface area contributed by atoms with Crippen molar-refractivity contribution in [3.8, 4) is 0 Å². The van der Waals surface area contributed by atoms with Gasteiger partial charge in [-0.2, -0.15) is 0 Å². The molecule has 3 saturated carbocycles. The molecule has 3 rings (SSSR count). The van der Waals surface area contributed by atoms with Gasteiger partial charge >= 0.3 is 0 Å². The third kappa shape index (κ3) is 4.37. The van der Waals surface area contributed by atoms with Gasteiger partial charge in [0.05, 0.1) is 0 Å². The first-order valence-electron chi connectivity index (χ1n) is 13.0. The van der Waals surface area contributed by atoms with Crippen LogP contribution in [-0.2, 0) is 0 Å². The van der Waals surface area contributed by atoms with Crippen LogP contribution in [0.3, 0.4) is 0 Å². The molecule has 0 aliphatic heterocycles. The predicted octanol–water partition coefficient (Wildman–Crippen LogP) is 9.13. The van der Waals surface area contributed by atoms with E-state index in [1.54, 1.807) is 19.3 Å². The maximum atomic E-state index is 2.59. The van der Waals surface area contributed by atoms with Crippen LogP contribution in [-0.4, -0.2) is 0 Å². The predicted molar refractivity (Wildman–Crippen MR) is 124 cm³/mol. The number of hydrogen-bond acceptors (Lipinski definition) is 0. The lowest BCUT2D eigenvalue weighted by Crippen LogP contribution is -2.48. The summed E-state index contributed by atoms with van der Waals surface area (Å²) in [4.78, 5) is 0. The first-order valence-corrected chi connectivity index (χ1v) is 13.0. The third-order valence-corrected chi connectivity index (χ3v) is 10.1. The summed E-state index contributed by atoms with van der Waals surface area (Å²) in [5, 5.41) is 0. The lowest BCUT2D eigenvalue weighted by molar-refractivity contribution is -0.0669. The number of fused-ring (bicyclic) bond motifs is 1. The van der Waals surface area contributed by atoms with Crippen molar-refractivity contribution in [2.24, 2.45) is 51.8 Å². The van der Waals surface area contributed by atoms with Crippen LogP contribution in [0.5, 0.6) is 0 Å². The molecule has 5 unspecified atom stereocenters. The van der Waals surface area contributed by atoms with Crippen molar-refractivity contribution >= 4 is 0 Å². The average Bonchev–Trinajstić information content (AvgIpc) is 3.32. The van der Waals surface area contributed by atoms with Gasteiger partial charge in [0.1, 0.15) is 0 Å². The fourth-order valence-electron chi connectivity index (χ4n) is 8.10. The van der Waals surface area contributed by atoms with Crippen molar-refractivity contribution in [3.05, 3.63) is 0 Å². The summed E-state index contributed by atoms with van der Waals surface area (Å²) in [6, 6.07) is 0. The van der Waals surface area contributed by atoms with E-state index in [1.807, 2.05) is 0 Å². The van der Waals surface area contributed by atoms with Crippen LogP contribution < -0.4 is 0 Å². The van der Waals surface area contributed by atoms with E-state index >= 15 is 0 Å². The van der Waals surface area contributed by atoms with Gasteiger partial charge in [-0.3, -0.25) is 0 Å². The van der Waals surface area contributed by atoms with Crippen molar-refractivity contribution in [1.82, 2.24) is 0 Å². The highest BCUT2D eigenvalue weighted by atomic mass is 14.6. The van der Waals surface area contributed by atoms with E-state index in [0.717, 1.165) is 40.9 Å². The van der Waals surface area contributed by atoms with Crippen molar-refractivity contribution in [1.29, 1.82) is 0 Å². The quantitative estimate of drug-likeness (QED) is 0.408. The van der Waals surface area contributed by atoms with E-state index in [4.69, 9.17) is 0 Å². The summed E-state index contributed by atoms with van der Waals surface area (Å²) in [5.41, 5.74) is 1.81. The molecule has 0 aromatic carbocycles. The van der Waals surface area contributed by atoms with Gasteiger partial charge in [0, 0.05) is 0 Å². The van der Waals surface area contributed by atoms with E-state index in [1.165, 1.54) is 51.4 Å². The molecular weight excluding hydrogens is 336 g/mol. The molecule has 0 aromatic heterocycles. The Bertz CT molecular complexity index is 507. The van der Waals surface area contributed by atoms with Gasteiger partial charge < -0.3 is 0 Å². The second-order valence-electron chi connectivity index (χ2n) is 13.3. The maximum Gasteiger partial charge on any atom is -0.0238 e. The number of rotatable bonds is 7. The van der Waals surface area contributed by atoms with Gasteiger partial charge in [-0.15, -0.1) is 0 Å². The molecule has 0 nitrogen and oxygen atoms in total. The van der Waals surface area contributed by atoms with Gasteiger partial charge in [-0.05, 0) is 103 Å². The fourth-order valence-corrected chi connectivity index (χ4v) is 8.10. The molecule has 0 saturated heterocycles. The molecule has 0 bridgehead atoms. The SMILES string of the molecule is CCCC1(C2CCC3C(C2)[C@H](C(C)(C)C)CCC3(C)C)CC1CC[C@H](C)CC. The first kappa shape index (κ1) is 22.7. The van der Waals surface area contributed by atoms with Gasteiger partial charge in [0.2, 0.25) is 0 Å². The highest BCUT2D eigenvalue weighted by molar-refractivity contribution is 5.09. The second kappa shape index (κ2) is 8.26. The van der Waals surface area contributed by atoms with E-state index < -0.39 is 0 Å². The first-order chi connectivity index (χ1) is 13.0. The summed E-state index contributed by atoms with van der Waals surface area (Å²) >= 11 is 0. The van der Waals surface area contributed by atoms with E-state index in [-0.39, 0.29) is 0 Å².